The molecule has 0 spiro atoms. The van der Waals surface area contributed by atoms with E-state index in [2.05, 4.69) is 20.9 Å². The van der Waals surface area contributed by atoms with Crippen LogP contribution in [-0.2, 0) is 0 Å². The third-order valence-electron chi connectivity index (χ3n) is 5.40. The van der Waals surface area contributed by atoms with Crippen LogP contribution in [0.5, 0.6) is 5.75 Å². The Hall–Kier alpha value is -3.75. The highest BCUT2D eigenvalue weighted by Crippen LogP contribution is 2.24. The first-order valence-corrected chi connectivity index (χ1v) is 10.7. The molecule has 1 fully saturated rings. The van der Waals surface area contributed by atoms with E-state index in [-0.39, 0.29) is 41.0 Å². The van der Waals surface area contributed by atoms with E-state index in [9.17, 15) is 19.5 Å². The van der Waals surface area contributed by atoms with Crippen molar-refractivity contribution in [3.8, 4) is 5.75 Å². The van der Waals surface area contributed by atoms with Crippen molar-refractivity contribution in [3.05, 3.63) is 94.3 Å². The molecule has 0 aliphatic carbocycles. The first-order valence-electron chi connectivity index (χ1n) is 10.3. The third kappa shape index (κ3) is 5.19. The molecule has 2 aromatic carbocycles. The second-order valence-corrected chi connectivity index (χ2v) is 8.06. The zero-order chi connectivity index (χ0) is 23.4. The number of pyridine rings is 1. The van der Waals surface area contributed by atoms with Crippen LogP contribution < -0.4 is 16.0 Å². The van der Waals surface area contributed by atoms with Gasteiger partial charge in [-0.3, -0.25) is 19.4 Å². The van der Waals surface area contributed by atoms with Crippen molar-refractivity contribution in [1.29, 1.82) is 0 Å². The predicted octanol–water partition coefficient (Wildman–Crippen LogP) is 2.17. The zero-order valence-corrected chi connectivity index (χ0v) is 18.2. The molecule has 33 heavy (non-hydrogen) atoms. The van der Waals surface area contributed by atoms with Gasteiger partial charge in [-0.15, -0.1) is 0 Å². The van der Waals surface area contributed by atoms with E-state index >= 15 is 0 Å². The summed E-state index contributed by atoms with van der Waals surface area (Å²) in [6, 6.07) is 13.1. The number of hydrogen-bond acceptors (Lipinski definition) is 6. The molecule has 2 amide bonds. The van der Waals surface area contributed by atoms with E-state index in [1.165, 1.54) is 30.3 Å². The molecule has 4 N–H and O–H groups in total. The molecular formula is C24H21ClN4O4. The number of phenols is 1. The highest BCUT2D eigenvalue weighted by Gasteiger charge is 2.30. The quantitative estimate of drug-likeness (QED) is 0.415. The third-order valence-corrected chi connectivity index (χ3v) is 5.64. The normalized spacial score (nSPS) is 17.4. The van der Waals surface area contributed by atoms with Crippen LogP contribution in [0.2, 0.25) is 5.02 Å². The fraction of sp³-hybridized carbons (Fsp3) is 0.167. The van der Waals surface area contributed by atoms with Gasteiger partial charge in [-0.2, -0.15) is 0 Å². The number of carbonyl (C=O) groups is 3. The lowest BCUT2D eigenvalue weighted by atomic mass is 10.0. The minimum absolute atomic E-state index is 0.126. The van der Waals surface area contributed by atoms with Crippen LogP contribution in [0.4, 0.5) is 0 Å². The molecule has 2 heterocycles. The van der Waals surface area contributed by atoms with Crippen molar-refractivity contribution in [3.63, 3.8) is 0 Å². The minimum Gasteiger partial charge on any atom is -0.507 e. The van der Waals surface area contributed by atoms with E-state index in [1.807, 2.05) is 0 Å². The van der Waals surface area contributed by atoms with Crippen LogP contribution >= 0.6 is 11.6 Å². The van der Waals surface area contributed by atoms with Crippen LogP contribution in [0, 0.1) is 0 Å². The van der Waals surface area contributed by atoms with Gasteiger partial charge in [0.2, 0.25) is 0 Å². The van der Waals surface area contributed by atoms with Crippen molar-refractivity contribution < 1.29 is 19.5 Å². The topological polar surface area (TPSA) is 120 Å². The second kappa shape index (κ2) is 9.81. The first-order chi connectivity index (χ1) is 15.9. The Morgan fingerprint density at radius 3 is 1.97 bits per heavy atom. The van der Waals surface area contributed by atoms with Crippen LogP contribution in [-0.4, -0.2) is 52.9 Å². The van der Waals surface area contributed by atoms with Crippen molar-refractivity contribution in [2.24, 2.45) is 0 Å². The van der Waals surface area contributed by atoms with Gasteiger partial charge in [0.1, 0.15) is 5.75 Å². The lowest BCUT2D eigenvalue weighted by Gasteiger charge is -2.21. The maximum atomic E-state index is 12.7. The van der Waals surface area contributed by atoms with Crippen LogP contribution in [0.25, 0.3) is 0 Å². The molecule has 1 unspecified atom stereocenters. The summed E-state index contributed by atoms with van der Waals surface area (Å²) in [5.74, 6) is -1.14. The van der Waals surface area contributed by atoms with Gasteiger partial charge in [0.25, 0.3) is 11.8 Å². The molecule has 0 saturated carbocycles. The Morgan fingerprint density at radius 1 is 0.848 bits per heavy atom. The SMILES string of the molecule is O=C(NC1CNC[C@H]1NC(=O)c1ccncc1)c1ccc(C(=O)c2ccc(Cl)cc2O)cc1. The molecule has 1 aromatic heterocycles. The lowest BCUT2D eigenvalue weighted by molar-refractivity contribution is 0.0896. The molecule has 1 aliphatic rings. The second-order valence-electron chi connectivity index (χ2n) is 7.62. The Balaban J connectivity index is 1.40. The van der Waals surface area contributed by atoms with Gasteiger partial charge < -0.3 is 21.1 Å². The molecule has 168 valence electrons. The number of benzene rings is 2. The van der Waals surface area contributed by atoms with Gasteiger partial charge in [0.15, 0.2) is 5.78 Å². The minimum atomic E-state index is -0.380. The molecule has 8 nitrogen and oxygen atoms in total. The Morgan fingerprint density at radius 2 is 1.39 bits per heavy atom. The highest BCUT2D eigenvalue weighted by molar-refractivity contribution is 6.31. The lowest BCUT2D eigenvalue weighted by Crippen LogP contribution is -2.51. The number of rotatable bonds is 6. The summed E-state index contributed by atoms with van der Waals surface area (Å²) in [7, 11) is 0. The number of nitrogens with zero attached hydrogens (tertiary/aromatic N) is 1. The van der Waals surface area contributed by atoms with Crippen LogP contribution in [0.1, 0.15) is 36.6 Å². The van der Waals surface area contributed by atoms with E-state index in [0.717, 1.165) is 0 Å². The molecule has 4 rings (SSSR count). The number of aromatic nitrogens is 1. The van der Waals surface area contributed by atoms with Crippen molar-refractivity contribution in [2.45, 2.75) is 12.1 Å². The monoisotopic (exact) mass is 464 g/mol. The molecule has 9 heteroatoms. The highest BCUT2D eigenvalue weighted by atomic mass is 35.5. The molecule has 1 aliphatic heterocycles. The molecule has 3 aromatic rings. The molecule has 0 bridgehead atoms. The Bertz CT molecular complexity index is 1180. The number of nitrogens with one attached hydrogen (secondary N) is 3. The standard InChI is InChI=1S/C24H21ClN4O4/c25-17-5-6-18(21(30)11-17)22(31)14-1-3-15(4-2-14)23(32)28-19-12-27-13-20(19)29-24(33)16-7-9-26-10-8-16/h1-11,19-20,27,30H,12-13H2,(H,28,32)(H,29,33)/t19?,20-/m1/s1. The number of hydrogen-bond donors (Lipinski definition) is 4. The molecular weight excluding hydrogens is 444 g/mol. The van der Waals surface area contributed by atoms with E-state index < -0.39 is 0 Å². The number of amides is 2. The van der Waals surface area contributed by atoms with E-state index in [0.29, 0.717) is 34.8 Å². The molecule has 1 saturated heterocycles. The zero-order valence-electron chi connectivity index (χ0n) is 17.4. The average molecular weight is 465 g/mol. The van der Waals surface area contributed by atoms with Gasteiger partial charge in [-0.25, -0.2) is 0 Å². The summed E-state index contributed by atoms with van der Waals surface area (Å²) >= 11 is 5.82. The van der Waals surface area contributed by atoms with Crippen LogP contribution in [0.15, 0.2) is 67.0 Å². The summed E-state index contributed by atoms with van der Waals surface area (Å²) in [6.07, 6.45) is 3.09. The first kappa shape index (κ1) is 22.4. The fourth-order valence-electron chi connectivity index (χ4n) is 3.61. The van der Waals surface area contributed by atoms with Crippen molar-refractivity contribution >= 4 is 29.2 Å². The van der Waals surface area contributed by atoms with Gasteiger partial charge in [-0.1, -0.05) is 23.7 Å². The number of halogens is 1. The predicted molar refractivity (Wildman–Crippen MR) is 123 cm³/mol. The number of carbonyl (C=O) groups excluding carboxylic acids is 3. The van der Waals surface area contributed by atoms with Gasteiger partial charge >= 0.3 is 0 Å². The average Bonchev–Trinajstić information content (AvgIpc) is 3.25. The van der Waals surface area contributed by atoms with Gasteiger partial charge in [0.05, 0.1) is 17.6 Å². The van der Waals surface area contributed by atoms with E-state index in [4.69, 9.17) is 11.6 Å². The Kier molecular flexibility index (Phi) is 6.67. The molecule has 2 atom stereocenters. The summed E-state index contributed by atoms with van der Waals surface area (Å²) in [6.45, 7) is 1.04. The van der Waals surface area contributed by atoms with Crippen molar-refractivity contribution in [1.82, 2.24) is 20.9 Å². The smallest absolute Gasteiger partial charge is 0.251 e. The summed E-state index contributed by atoms with van der Waals surface area (Å²) in [5.41, 5.74) is 1.32. The Labute approximate surface area is 195 Å². The van der Waals surface area contributed by atoms with Crippen molar-refractivity contribution in [2.75, 3.05) is 13.1 Å². The number of aromatic hydroxyl groups is 1. The molecule has 0 radical (unpaired) electrons. The van der Waals surface area contributed by atoms with E-state index in [1.54, 1.807) is 36.7 Å². The summed E-state index contributed by atoms with van der Waals surface area (Å²) in [5, 5.41) is 19.3. The number of ketones is 1. The summed E-state index contributed by atoms with van der Waals surface area (Å²) < 4.78 is 0. The maximum absolute atomic E-state index is 12.7. The maximum Gasteiger partial charge on any atom is 0.251 e. The summed E-state index contributed by atoms with van der Waals surface area (Å²) in [4.78, 5) is 41.7. The van der Waals surface area contributed by atoms with Gasteiger partial charge in [0, 0.05) is 47.2 Å². The number of phenolic OH excluding ortho intramolecular Hbond substituents is 1. The van der Waals surface area contributed by atoms with Crippen LogP contribution in [0.3, 0.4) is 0 Å². The fourth-order valence-corrected chi connectivity index (χ4v) is 3.78. The largest absolute Gasteiger partial charge is 0.507 e. The van der Waals surface area contributed by atoms with Gasteiger partial charge in [-0.05, 0) is 42.5 Å².